The van der Waals surface area contributed by atoms with Gasteiger partial charge in [0.15, 0.2) is 4.73 Å². The first-order valence-corrected chi connectivity index (χ1v) is 37.0. The second-order valence-corrected chi connectivity index (χ2v) is 28.9. The van der Waals surface area contributed by atoms with Gasteiger partial charge in [-0.25, -0.2) is 9.97 Å². The number of nitrogens with one attached hydrogen (secondary N) is 1. The second-order valence-electron chi connectivity index (χ2n) is 28.2. The number of fused-ring (bicyclic) bond motifs is 2. The van der Waals surface area contributed by atoms with Crippen molar-refractivity contribution in [2.45, 2.75) is 246 Å². The number of hydrogen-bond donors (Lipinski definition) is 5. The summed E-state index contributed by atoms with van der Waals surface area (Å²) in [5, 5.41) is 12.0. The fraction of sp³-hybridized carbons (Fsp3) is 0.653. The Balaban J connectivity index is 0.000000194. The number of carboxylic acid groups (broad SMARTS) is 1. The maximum absolute atomic E-state index is 12.5. The van der Waals surface area contributed by atoms with Gasteiger partial charge in [0.1, 0.15) is 0 Å². The zero-order chi connectivity index (χ0) is 73.3. The lowest BCUT2D eigenvalue weighted by atomic mass is 9.73. The predicted octanol–water partition coefficient (Wildman–Crippen LogP) is 11.5. The number of imide groups is 2. The van der Waals surface area contributed by atoms with Crippen molar-refractivity contribution in [1.29, 1.82) is 0 Å². The number of aliphatic carboxylic acids is 1. The number of halogens is 1. The summed E-state index contributed by atoms with van der Waals surface area (Å²) in [5.74, 6) is -2.12. The van der Waals surface area contributed by atoms with Crippen molar-refractivity contribution in [2.24, 2.45) is 51.2 Å². The molecule has 0 saturated heterocycles. The van der Waals surface area contributed by atoms with Crippen LogP contribution in [0.1, 0.15) is 251 Å². The molecule has 8 N–H and O–H groups in total. The number of hydrogen-bond acceptors (Lipinski definition) is 21. The van der Waals surface area contributed by atoms with Gasteiger partial charge >= 0.3 is 35.8 Å². The first kappa shape index (κ1) is 81.7. The molecular weight excluding hydrogens is 1350 g/mol. The maximum Gasteiger partial charge on any atom is 0.311 e. The Hall–Kier alpha value is -7.22. The van der Waals surface area contributed by atoms with Crippen LogP contribution in [0.15, 0.2) is 65.7 Å². The van der Waals surface area contributed by atoms with E-state index in [0.29, 0.717) is 123 Å². The molecule has 3 aromatic rings. The predicted molar refractivity (Wildman–Crippen MR) is 379 cm³/mol. The molecule has 6 saturated carbocycles. The van der Waals surface area contributed by atoms with Crippen molar-refractivity contribution in [1.82, 2.24) is 19.8 Å². The molecule has 2 aliphatic heterocycles. The number of carboxylic acids is 1. The highest BCUT2D eigenvalue weighted by Gasteiger charge is 2.47. The number of rotatable bonds is 15. The second kappa shape index (κ2) is 39.3. The molecule has 6 aliphatic carbocycles. The fourth-order valence-electron chi connectivity index (χ4n) is 14.2. The van der Waals surface area contributed by atoms with Crippen LogP contribution in [-0.2, 0) is 52.5 Å². The standard InChI is InChI=1S/C18H21NO4.C17H19NO4.C14H20BrN3O2.C10H19NO2.C9H17NO2.C7H13NO2/c1-3-23-17(22)18(2)10-8-12(9-11-18)19-15(20)13-6-4-5-7-14(13)16(19)21;1-2-22-17(21)11-7-9-12(10-8-11)18-15(19)13-5-3-4-6-14(13)16(18)20;1-3-20-12(19)14(2)6-4-10(5-7-14)18-11-8-16-13(15)17-9-11;1-3-13-9(12)10(2)6-4-8(11)5-7-10;1-2-12-9(11)7-3-5-8(10)6-4-7;8-6-3-1-5(2-4-6)7(9)10/h4-7,12H,3,8-11H2,1-2H3;3-6,11-12H,2,7-10H2,1H3;8-10,18H,3-7H2,1-2H3;8H,3-7,11H2,1-2H3;7-8H,2-6,10H2,1H3;5-6H,1-4,8H2,(H,9,10). The average molecular weight is 1460 g/mol. The van der Waals surface area contributed by atoms with Gasteiger partial charge in [0.25, 0.3) is 23.6 Å². The highest BCUT2D eigenvalue weighted by Crippen LogP contribution is 2.42. The van der Waals surface area contributed by atoms with Crippen LogP contribution in [0, 0.1) is 34.0 Å². The molecule has 0 radical (unpaired) electrons. The van der Waals surface area contributed by atoms with Crippen molar-refractivity contribution < 1.29 is 76.7 Å². The molecule has 0 bridgehead atoms. The maximum atomic E-state index is 12.5. The van der Waals surface area contributed by atoms with E-state index in [1.807, 2.05) is 41.5 Å². The number of ether oxygens (including phenoxy) is 5. The Morgan fingerprint density at radius 2 is 0.740 bits per heavy atom. The van der Waals surface area contributed by atoms with Crippen LogP contribution in [0.5, 0.6) is 0 Å². The van der Waals surface area contributed by atoms with Gasteiger partial charge in [0.2, 0.25) is 0 Å². The van der Waals surface area contributed by atoms with Crippen LogP contribution >= 0.6 is 15.9 Å². The highest BCUT2D eigenvalue weighted by atomic mass is 79.9. The SMILES string of the molecule is CCOC(=O)C1(C)CCC(N)CC1.CCOC(=O)C1(C)CCC(N2C(=O)c3ccccc3C2=O)CC1.CCOC(=O)C1(C)CCC(Nc2cnc(Br)nc2)CC1.CCOC(=O)C1CCC(N)CC1.CCOC(=O)C1CCC(N2C(=O)c3ccccc3C2=O)CC1.NC1CCC(C(=O)O)CC1. The Bertz CT molecular complexity index is 3140. The fourth-order valence-corrected chi connectivity index (χ4v) is 14.4. The zero-order valence-electron chi connectivity index (χ0n) is 59.9. The van der Waals surface area contributed by atoms with Crippen molar-refractivity contribution in [2.75, 3.05) is 38.4 Å². The minimum atomic E-state index is -0.660. The van der Waals surface area contributed by atoms with E-state index >= 15 is 0 Å². The minimum Gasteiger partial charge on any atom is -0.481 e. The molecule has 0 atom stereocenters. The van der Waals surface area contributed by atoms with E-state index in [0.717, 1.165) is 108 Å². The van der Waals surface area contributed by atoms with E-state index in [4.69, 9.17) is 46.0 Å². The number of carbonyl (C=O) groups is 10. The molecule has 11 rings (SSSR count). The molecule has 0 spiro atoms. The monoisotopic (exact) mass is 1460 g/mol. The lowest BCUT2D eigenvalue weighted by Crippen LogP contribution is -2.45. The van der Waals surface area contributed by atoms with Crippen molar-refractivity contribution in [3.05, 3.63) is 87.9 Å². The van der Waals surface area contributed by atoms with E-state index in [9.17, 15) is 47.9 Å². The lowest BCUT2D eigenvalue weighted by molar-refractivity contribution is -0.157. The molecule has 4 amide bonds. The zero-order valence-corrected chi connectivity index (χ0v) is 61.5. The van der Waals surface area contributed by atoms with Gasteiger partial charge in [-0.1, -0.05) is 24.3 Å². The summed E-state index contributed by atoms with van der Waals surface area (Å²) < 4.78 is 25.9. The number of nitrogens with zero attached hydrogens (tertiary/aromatic N) is 4. The number of benzene rings is 2. The Labute approximate surface area is 597 Å². The third-order valence-electron chi connectivity index (χ3n) is 20.8. The van der Waals surface area contributed by atoms with Crippen molar-refractivity contribution >= 4 is 81.1 Å². The van der Waals surface area contributed by atoms with Crippen molar-refractivity contribution in [3.63, 3.8) is 0 Å². The van der Waals surface area contributed by atoms with Crippen LogP contribution in [-0.4, -0.2) is 154 Å². The van der Waals surface area contributed by atoms with Crippen LogP contribution in [0.4, 0.5) is 5.69 Å². The molecular formula is C75H109BrN8O16. The number of carbonyl (C=O) groups excluding carboxylic acids is 9. The summed E-state index contributed by atoms with van der Waals surface area (Å²) >= 11 is 3.21. The van der Waals surface area contributed by atoms with E-state index in [-0.39, 0.29) is 106 Å². The summed E-state index contributed by atoms with van der Waals surface area (Å²) in [6.07, 6.45) is 22.9. The lowest BCUT2D eigenvalue weighted by Gasteiger charge is -2.38. The molecule has 2 aromatic carbocycles. The summed E-state index contributed by atoms with van der Waals surface area (Å²) in [6, 6.07) is 14.8. The summed E-state index contributed by atoms with van der Waals surface area (Å²) in [4.78, 5) is 130. The Morgan fingerprint density at radius 3 is 1.07 bits per heavy atom. The molecule has 8 aliphatic rings. The Kier molecular flexibility index (Phi) is 32.1. The average Bonchev–Trinajstić information content (AvgIpc) is 1.62. The first-order chi connectivity index (χ1) is 47.7. The van der Waals surface area contributed by atoms with Crippen LogP contribution in [0.2, 0.25) is 0 Å². The molecule has 25 heteroatoms. The quantitative estimate of drug-likeness (QED) is 0.0408. The molecule has 0 unspecified atom stereocenters. The summed E-state index contributed by atoms with van der Waals surface area (Å²) in [6.45, 7) is 17.2. The summed E-state index contributed by atoms with van der Waals surface area (Å²) in [5.41, 5.74) is 18.8. The van der Waals surface area contributed by atoms with Gasteiger partial charge in [0.05, 0.1) is 107 Å². The van der Waals surface area contributed by atoms with Gasteiger partial charge in [0, 0.05) is 36.3 Å². The minimum absolute atomic E-state index is 0.0376. The van der Waals surface area contributed by atoms with E-state index in [1.165, 1.54) is 9.80 Å². The number of nitrogens with two attached hydrogens (primary N) is 3. The molecule has 24 nitrogen and oxygen atoms in total. The largest absolute Gasteiger partial charge is 0.481 e. The van der Waals surface area contributed by atoms with Gasteiger partial charge in [-0.05, 0) is 250 Å². The normalized spacial score (nSPS) is 28.2. The van der Waals surface area contributed by atoms with Gasteiger partial charge in [-0.3, -0.25) is 57.7 Å². The number of aromatic nitrogens is 2. The third kappa shape index (κ3) is 22.6. The number of amides is 4. The van der Waals surface area contributed by atoms with Crippen LogP contribution in [0.25, 0.3) is 0 Å². The van der Waals surface area contributed by atoms with E-state index < -0.39 is 11.4 Å². The smallest absolute Gasteiger partial charge is 0.311 e. The van der Waals surface area contributed by atoms with Crippen LogP contribution < -0.4 is 22.5 Å². The van der Waals surface area contributed by atoms with Crippen molar-refractivity contribution in [3.8, 4) is 0 Å². The molecule has 6 fully saturated rings. The highest BCUT2D eigenvalue weighted by molar-refractivity contribution is 9.10. The Morgan fingerprint density at radius 1 is 0.450 bits per heavy atom. The van der Waals surface area contributed by atoms with E-state index in [1.54, 1.807) is 74.8 Å². The molecule has 100 heavy (non-hydrogen) atoms. The first-order valence-electron chi connectivity index (χ1n) is 36.2. The van der Waals surface area contributed by atoms with Gasteiger partial charge in [-0.15, -0.1) is 0 Å². The molecule has 552 valence electrons. The van der Waals surface area contributed by atoms with Gasteiger partial charge < -0.3 is 51.3 Å². The van der Waals surface area contributed by atoms with Crippen LogP contribution in [0.3, 0.4) is 0 Å². The molecule has 3 heterocycles. The van der Waals surface area contributed by atoms with Gasteiger partial charge in [-0.2, -0.15) is 0 Å². The topological polar surface area (TPSA) is 359 Å². The summed E-state index contributed by atoms with van der Waals surface area (Å²) in [7, 11) is 0. The third-order valence-corrected chi connectivity index (χ3v) is 21.2. The number of esters is 5. The van der Waals surface area contributed by atoms with E-state index in [2.05, 4.69) is 31.2 Å². The molecule has 1 aromatic heterocycles. The number of anilines is 1.